The first-order valence-electron chi connectivity index (χ1n) is 9.57. The number of piperidine rings is 1. The van der Waals surface area contributed by atoms with Gasteiger partial charge in [-0.05, 0) is 31.9 Å². The van der Waals surface area contributed by atoms with Crippen LogP contribution in [-0.4, -0.2) is 62.6 Å². The predicted molar refractivity (Wildman–Crippen MR) is 112 cm³/mol. The minimum absolute atomic E-state index is 0.341. The van der Waals surface area contributed by atoms with Crippen molar-refractivity contribution >= 4 is 29.0 Å². The molecule has 0 radical (unpaired) electrons. The van der Waals surface area contributed by atoms with Gasteiger partial charge in [-0.25, -0.2) is 0 Å². The Kier molecular flexibility index (Phi) is 9.21. The number of aliphatic imine (C=N–C) groups is 1. The molecule has 1 atom stereocenters. The number of anilines is 1. The van der Waals surface area contributed by atoms with Crippen LogP contribution in [0.15, 0.2) is 29.3 Å². The maximum Gasteiger partial charge on any atom is 0.249 e. The lowest BCUT2D eigenvalue weighted by atomic mass is 10.1. The number of likely N-dealkylation sites (tertiary alicyclic amines) is 1. The van der Waals surface area contributed by atoms with Gasteiger partial charge in [0.15, 0.2) is 5.92 Å². The van der Waals surface area contributed by atoms with Gasteiger partial charge in [0, 0.05) is 33.3 Å². The third kappa shape index (κ3) is 6.48. The van der Waals surface area contributed by atoms with E-state index in [2.05, 4.69) is 20.5 Å². The number of nitrogens with one attached hydrogen (secondary N) is 2. The lowest BCUT2D eigenvalue weighted by Gasteiger charge is -2.30. The Morgan fingerprint density at radius 3 is 2.75 bits per heavy atom. The van der Waals surface area contributed by atoms with Crippen molar-refractivity contribution in [2.24, 2.45) is 10.9 Å². The van der Waals surface area contributed by atoms with Crippen LogP contribution in [0.4, 0.5) is 5.69 Å². The summed E-state index contributed by atoms with van der Waals surface area (Å²) in [6, 6.07) is 8.98. The van der Waals surface area contributed by atoms with Crippen LogP contribution in [0.25, 0.3) is 0 Å². The molecule has 1 aromatic carbocycles. The number of rotatable bonds is 8. The summed E-state index contributed by atoms with van der Waals surface area (Å²) in [6.45, 7) is 5.74. The van der Waals surface area contributed by atoms with Crippen LogP contribution in [-0.2, 0) is 9.53 Å². The lowest BCUT2D eigenvalue weighted by Crippen LogP contribution is -2.40. The van der Waals surface area contributed by atoms with Crippen LogP contribution in [0, 0.1) is 17.2 Å². The van der Waals surface area contributed by atoms with Crippen molar-refractivity contribution in [3.63, 3.8) is 0 Å². The number of hydrogen-bond acceptors (Lipinski definition) is 5. The standard InChI is InChI=1S/C20H28ClN5O2/c1-3-23-19(24-10-13-26-11-8-15(28-2)9-12-26)16(14-22)20(27)25-18-7-5-4-6-17(18)21/h4-7,15-16H,3,8-13H2,1-2H3,(H,23,24)(H,25,27). The molecule has 1 aliphatic heterocycles. The van der Waals surface area contributed by atoms with Crippen LogP contribution in [0.3, 0.4) is 0 Å². The van der Waals surface area contributed by atoms with Gasteiger partial charge in [0.2, 0.25) is 5.91 Å². The van der Waals surface area contributed by atoms with E-state index in [1.807, 2.05) is 13.0 Å². The molecule has 152 valence electrons. The summed E-state index contributed by atoms with van der Waals surface area (Å²) in [5.41, 5.74) is 0.478. The van der Waals surface area contributed by atoms with Gasteiger partial charge in [0.05, 0.1) is 29.4 Å². The highest BCUT2D eigenvalue weighted by Crippen LogP contribution is 2.21. The first-order valence-corrected chi connectivity index (χ1v) is 9.95. The molecule has 1 saturated heterocycles. The van der Waals surface area contributed by atoms with Gasteiger partial charge < -0.3 is 20.3 Å². The van der Waals surface area contributed by atoms with E-state index in [0.717, 1.165) is 32.5 Å². The molecule has 1 amide bonds. The van der Waals surface area contributed by atoms with E-state index >= 15 is 0 Å². The van der Waals surface area contributed by atoms with Crippen LogP contribution in [0.5, 0.6) is 0 Å². The Morgan fingerprint density at radius 1 is 1.43 bits per heavy atom. The molecule has 1 aromatic rings. The number of para-hydroxylation sites is 1. The Bertz CT molecular complexity index is 711. The Morgan fingerprint density at radius 2 is 2.14 bits per heavy atom. The zero-order valence-corrected chi connectivity index (χ0v) is 17.2. The number of hydrogen-bond donors (Lipinski definition) is 2. The molecule has 0 saturated carbocycles. The Labute approximate surface area is 171 Å². The van der Waals surface area contributed by atoms with E-state index in [4.69, 9.17) is 16.3 Å². The molecule has 0 spiro atoms. The monoisotopic (exact) mass is 405 g/mol. The van der Waals surface area contributed by atoms with E-state index < -0.39 is 11.8 Å². The van der Waals surface area contributed by atoms with E-state index in [1.54, 1.807) is 31.4 Å². The summed E-state index contributed by atoms with van der Waals surface area (Å²) in [6.07, 6.45) is 2.37. The molecule has 1 unspecified atom stereocenters. The van der Waals surface area contributed by atoms with Crippen LogP contribution >= 0.6 is 11.6 Å². The largest absolute Gasteiger partial charge is 0.381 e. The SMILES string of the molecule is CCNC(=NCCN1CCC(OC)CC1)C(C#N)C(=O)Nc1ccccc1Cl. The fourth-order valence-corrected chi connectivity index (χ4v) is 3.31. The summed E-state index contributed by atoms with van der Waals surface area (Å²) in [7, 11) is 1.75. The Hall–Kier alpha value is -2.14. The molecule has 28 heavy (non-hydrogen) atoms. The van der Waals surface area contributed by atoms with Crippen molar-refractivity contribution in [3.8, 4) is 6.07 Å². The van der Waals surface area contributed by atoms with Crippen molar-refractivity contribution in [1.82, 2.24) is 10.2 Å². The Balaban J connectivity index is 1.97. The molecular formula is C20H28ClN5O2. The van der Waals surface area contributed by atoms with Crippen LogP contribution < -0.4 is 10.6 Å². The maximum atomic E-state index is 12.6. The number of amides is 1. The van der Waals surface area contributed by atoms with Gasteiger partial charge in [-0.3, -0.25) is 9.79 Å². The normalized spacial score (nSPS) is 17.0. The van der Waals surface area contributed by atoms with E-state index in [0.29, 0.717) is 35.7 Å². The molecule has 7 nitrogen and oxygen atoms in total. The number of carbonyl (C=O) groups is 1. The molecule has 2 N–H and O–H groups in total. The highest BCUT2D eigenvalue weighted by molar-refractivity contribution is 6.33. The smallest absolute Gasteiger partial charge is 0.249 e. The quantitative estimate of drug-likeness (QED) is 0.512. The zero-order chi connectivity index (χ0) is 20.4. The van der Waals surface area contributed by atoms with Gasteiger partial charge in [-0.2, -0.15) is 5.26 Å². The molecular weight excluding hydrogens is 378 g/mol. The van der Waals surface area contributed by atoms with E-state index in [-0.39, 0.29) is 0 Å². The summed E-state index contributed by atoms with van der Waals surface area (Å²) in [5, 5.41) is 15.8. The van der Waals surface area contributed by atoms with Crippen LogP contribution in [0.2, 0.25) is 5.02 Å². The first kappa shape index (κ1) is 22.2. The number of amidine groups is 1. The molecule has 0 aromatic heterocycles. The van der Waals surface area contributed by atoms with Gasteiger partial charge in [-0.1, -0.05) is 23.7 Å². The number of carbonyl (C=O) groups excluding carboxylic acids is 1. The van der Waals surface area contributed by atoms with Gasteiger partial charge in [0.25, 0.3) is 0 Å². The molecule has 1 aliphatic rings. The zero-order valence-electron chi connectivity index (χ0n) is 16.4. The second-order valence-electron chi connectivity index (χ2n) is 6.61. The minimum Gasteiger partial charge on any atom is -0.381 e. The number of ether oxygens (including phenoxy) is 1. The summed E-state index contributed by atoms with van der Waals surface area (Å²) < 4.78 is 5.39. The fourth-order valence-electron chi connectivity index (χ4n) is 3.12. The van der Waals surface area contributed by atoms with E-state index in [1.165, 1.54) is 0 Å². The van der Waals surface area contributed by atoms with E-state index in [9.17, 15) is 10.1 Å². The third-order valence-electron chi connectivity index (χ3n) is 4.72. The number of nitriles is 1. The first-order chi connectivity index (χ1) is 13.6. The molecule has 2 rings (SSSR count). The van der Waals surface area contributed by atoms with Crippen LogP contribution in [0.1, 0.15) is 19.8 Å². The molecule has 0 bridgehead atoms. The molecule has 0 aliphatic carbocycles. The number of nitrogens with zero attached hydrogens (tertiary/aromatic N) is 3. The molecule has 1 heterocycles. The summed E-state index contributed by atoms with van der Waals surface area (Å²) in [4.78, 5) is 19.5. The van der Waals surface area contributed by atoms with Gasteiger partial charge in [0.1, 0.15) is 5.84 Å². The maximum absolute atomic E-state index is 12.6. The third-order valence-corrected chi connectivity index (χ3v) is 5.05. The van der Waals surface area contributed by atoms with Crippen molar-refractivity contribution in [2.45, 2.75) is 25.9 Å². The second kappa shape index (κ2) is 11.6. The molecule has 8 heteroatoms. The number of methoxy groups -OCH3 is 1. The van der Waals surface area contributed by atoms with Crippen molar-refractivity contribution in [2.75, 3.05) is 45.2 Å². The second-order valence-corrected chi connectivity index (χ2v) is 7.01. The predicted octanol–water partition coefficient (Wildman–Crippen LogP) is 2.54. The highest BCUT2D eigenvalue weighted by Gasteiger charge is 2.25. The van der Waals surface area contributed by atoms with Crippen molar-refractivity contribution in [1.29, 1.82) is 5.26 Å². The van der Waals surface area contributed by atoms with Gasteiger partial charge in [-0.15, -0.1) is 0 Å². The number of benzene rings is 1. The summed E-state index contributed by atoms with van der Waals surface area (Å²) >= 11 is 6.09. The average molecular weight is 406 g/mol. The number of halogens is 1. The van der Waals surface area contributed by atoms with Gasteiger partial charge >= 0.3 is 0 Å². The average Bonchev–Trinajstić information content (AvgIpc) is 2.71. The molecule has 1 fully saturated rings. The van der Waals surface area contributed by atoms with Crippen molar-refractivity contribution in [3.05, 3.63) is 29.3 Å². The highest BCUT2D eigenvalue weighted by atomic mass is 35.5. The summed E-state index contributed by atoms with van der Waals surface area (Å²) in [5.74, 6) is -1.08. The van der Waals surface area contributed by atoms with Crippen molar-refractivity contribution < 1.29 is 9.53 Å². The lowest BCUT2D eigenvalue weighted by molar-refractivity contribution is -0.116. The fraction of sp³-hybridized carbons (Fsp3) is 0.550. The minimum atomic E-state index is -1.02. The topological polar surface area (TPSA) is 89.8 Å².